The molecule has 0 radical (unpaired) electrons. The maximum absolute atomic E-state index is 10.9. The van der Waals surface area contributed by atoms with E-state index in [1.165, 1.54) is 6.42 Å². The van der Waals surface area contributed by atoms with E-state index in [-0.39, 0.29) is 11.4 Å². The van der Waals surface area contributed by atoms with Crippen LogP contribution in [0, 0.1) is 11.3 Å². The number of hydrogen-bond donors (Lipinski definition) is 1. The zero-order chi connectivity index (χ0) is 8.98. The first-order valence-electron chi connectivity index (χ1n) is 4.81. The van der Waals surface area contributed by atoms with Crippen LogP contribution in [-0.4, -0.2) is 11.4 Å². The Morgan fingerprint density at radius 3 is 2.33 bits per heavy atom. The summed E-state index contributed by atoms with van der Waals surface area (Å²) in [5.74, 6) is 0.965. The molecular formula is C10H17NO. The summed E-state index contributed by atoms with van der Waals surface area (Å²) in [5, 5.41) is 3.08. The molecule has 0 aromatic heterocycles. The van der Waals surface area contributed by atoms with Crippen molar-refractivity contribution in [3.05, 3.63) is 0 Å². The Kier molecular flexibility index (Phi) is 1.37. The molecule has 2 atom stereocenters. The SMILES string of the molecule is CCC1(C2CC2(C)C)CC(=O)N1. The molecule has 2 unspecified atom stereocenters. The largest absolute Gasteiger partial charge is 0.350 e. The van der Waals surface area contributed by atoms with Crippen molar-refractivity contribution in [1.29, 1.82) is 0 Å². The van der Waals surface area contributed by atoms with E-state index in [4.69, 9.17) is 0 Å². The van der Waals surface area contributed by atoms with E-state index in [1.54, 1.807) is 0 Å². The van der Waals surface area contributed by atoms with Gasteiger partial charge in [0.15, 0.2) is 0 Å². The van der Waals surface area contributed by atoms with Crippen LogP contribution < -0.4 is 5.32 Å². The molecule has 1 N–H and O–H groups in total. The first-order valence-corrected chi connectivity index (χ1v) is 4.81. The first-order chi connectivity index (χ1) is 5.50. The van der Waals surface area contributed by atoms with Crippen LogP contribution in [0.1, 0.15) is 40.0 Å². The van der Waals surface area contributed by atoms with Crippen LogP contribution in [0.25, 0.3) is 0 Å². The van der Waals surface area contributed by atoms with Crippen LogP contribution in [-0.2, 0) is 4.79 Å². The predicted molar refractivity (Wildman–Crippen MR) is 47.7 cm³/mol. The summed E-state index contributed by atoms with van der Waals surface area (Å²) >= 11 is 0. The molecule has 0 bridgehead atoms. The van der Waals surface area contributed by atoms with Crippen LogP contribution in [0.5, 0.6) is 0 Å². The highest BCUT2D eigenvalue weighted by molar-refractivity contribution is 5.85. The van der Waals surface area contributed by atoms with Crippen molar-refractivity contribution in [2.45, 2.75) is 45.6 Å². The molecule has 1 saturated carbocycles. The lowest BCUT2D eigenvalue weighted by atomic mass is 9.77. The van der Waals surface area contributed by atoms with Gasteiger partial charge in [0.2, 0.25) is 5.91 Å². The summed E-state index contributed by atoms with van der Waals surface area (Å²) in [4.78, 5) is 10.9. The minimum atomic E-state index is 0.181. The minimum Gasteiger partial charge on any atom is -0.350 e. The predicted octanol–water partition coefficient (Wildman–Crippen LogP) is 1.70. The summed E-state index contributed by atoms with van der Waals surface area (Å²) in [5.41, 5.74) is 0.657. The average molecular weight is 167 g/mol. The Labute approximate surface area is 73.7 Å². The molecule has 2 fully saturated rings. The monoisotopic (exact) mass is 167 g/mol. The van der Waals surface area contributed by atoms with Gasteiger partial charge in [0.25, 0.3) is 0 Å². The van der Waals surface area contributed by atoms with Crippen LogP contribution in [0.2, 0.25) is 0 Å². The fourth-order valence-corrected chi connectivity index (χ4v) is 2.63. The molecule has 1 heterocycles. The molecule has 2 heteroatoms. The van der Waals surface area contributed by atoms with Crippen molar-refractivity contribution < 1.29 is 4.79 Å². The number of carbonyl (C=O) groups is 1. The fourth-order valence-electron chi connectivity index (χ4n) is 2.63. The number of nitrogens with one attached hydrogen (secondary N) is 1. The summed E-state index contributed by atoms with van der Waals surface area (Å²) in [6.45, 7) is 6.76. The van der Waals surface area contributed by atoms with Crippen LogP contribution in [0.3, 0.4) is 0 Å². The van der Waals surface area contributed by atoms with Gasteiger partial charge in [0.05, 0.1) is 5.54 Å². The number of hydrogen-bond acceptors (Lipinski definition) is 1. The second-order valence-electron chi connectivity index (χ2n) is 4.98. The van der Waals surface area contributed by atoms with E-state index in [0.29, 0.717) is 5.41 Å². The van der Waals surface area contributed by atoms with Gasteiger partial charge in [0, 0.05) is 6.42 Å². The maximum Gasteiger partial charge on any atom is 0.222 e. The average Bonchev–Trinajstić information content (AvgIpc) is 2.53. The van der Waals surface area contributed by atoms with Crippen molar-refractivity contribution in [1.82, 2.24) is 5.32 Å². The van der Waals surface area contributed by atoms with Gasteiger partial charge in [0.1, 0.15) is 0 Å². The van der Waals surface area contributed by atoms with E-state index < -0.39 is 0 Å². The minimum absolute atomic E-state index is 0.181. The Morgan fingerprint density at radius 2 is 2.08 bits per heavy atom. The second kappa shape index (κ2) is 2.04. The lowest BCUT2D eigenvalue weighted by molar-refractivity contribution is -0.134. The molecule has 2 nitrogen and oxygen atoms in total. The third kappa shape index (κ3) is 0.900. The molecule has 1 saturated heterocycles. The molecule has 0 aromatic rings. The van der Waals surface area contributed by atoms with Gasteiger partial charge >= 0.3 is 0 Å². The summed E-state index contributed by atoms with van der Waals surface area (Å²) < 4.78 is 0. The molecule has 1 amide bonds. The highest BCUT2D eigenvalue weighted by atomic mass is 16.2. The highest BCUT2D eigenvalue weighted by Crippen LogP contribution is 2.60. The van der Waals surface area contributed by atoms with Crippen molar-refractivity contribution in [2.75, 3.05) is 0 Å². The quantitative estimate of drug-likeness (QED) is 0.623. The van der Waals surface area contributed by atoms with Gasteiger partial charge in [-0.3, -0.25) is 4.79 Å². The number of rotatable bonds is 2. The first kappa shape index (κ1) is 8.09. The molecule has 2 rings (SSSR count). The fraction of sp³-hybridized carbons (Fsp3) is 0.900. The van der Waals surface area contributed by atoms with Gasteiger partial charge in [-0.25, -0.2) is 0 Å². The smallest absolute Gasteiger partial charge is 0.222 e. The third-order valence-electron chi connectivity index (χ3n) is 3.68. The van der Waals surface area contributed by atoms with Crippen molar-refractivity contribution in [3.63, 3.8) is 0 Å². The van der Waals surface area contributed by atoms with Crippen molar-refractivity contribution >= 4 is 5.91 Å². The van der Waals surface area contributed by atoms with Gasteiger partial charge in [-0.1, -0.05) is 20.8 Å². The zero-order valence-corrected chi connectivity index (χ0v) is 8.11. The van der Waals surface area contributed by atoms with E-state index in [2.05, 4.69) is 26.1 Å². The topological polar surface area (TPSA) is 29.1 Å². The lowest BCUT2D eigenvalue weighted by Gasteiger charge is -2.43. The third-order valence-corrected chi connectivity index (χ3v) is 3.68. The molecule has 0 aromatic carbocycles. The Hall–Kier alpha value is -0.530. The molecule has 1 aliphatic heterocycles. The number of amides is 1. The van der Waals surface area contributed by atoms with Crippen molar-refractivity contribution in [3.8, 4) is 0 Å². The van der Waals surface area contributed by atoms with Gasteiger partial charge < -0.3 is 5.32 Å². The molecule has 2 aliphatic rings. The standard InChI is InChI=1S/C10H17NO/c1-4-10(6-8(12)11-10)7-5-9(7,2)3/h7H,4-6H2,1-3H3,(H,11,12). The van der Waals surface area contributed by atoms with Gasteiger partial charge in [-0.15, -0.1) is 0 Å². The Morgan fingerprint density at radius 1 is 1.58 bits per heavy atom. The van der Waals surface area contributed by atoms with Gasteiger partial charge in [-0.2, -0.15) is 0 Å². The molecule has 0 spiro atoms. The normalized spacial score (nSPS) is 43.2. The molecule has 12 heavy (non-hydrogen) atoms. The highest BCUT2D eigenvalue weighted by Gasteiger charge is 2.61. The lowest BCUT2D eigenvalue weighted by Crippen LogP contribution is -2.62. The molecular weight excluding hydrogens is 150 g/mol. The van der Waals surface area contributed by atoms with E-state index in [9.17, 15) is 4.79 Å². The number of carbonyl (C=O) groups excluding carboxylic acids is 1. The Balaban J connectivity index is 2.07. The summed E-state index contributed by atoms with van der Waals surface area (Å²) in [6, 6.07) is 0. The van der Waals surface area contributed by atoms with Crippen LogP contribution in [0.15, 0.2) is 0 Å². The summed E-state index contributed by atoms with van der Waals surface area (Å²) in [6.07, 6.45) is 3.13. The summed E-state index contributed by atoms with van der Waals surface area (Å²) in [7, 11) is 0. The van der Waals surface area contributed by atoms with Crippen LogP contribution in [0.4, 0.5) is 0 Å². The maximum atomic E-state index is 10.9. The zero-order valence-electron chi connectivity index (χ0n) is 8.11. The van der Waals surface area contributed by atoms with Crippen LogP contribution >= 0.6 is 0 Å². The van der Waals surface area contributed by atoms with Crippen molar-refractivity contribution in [2.24, 2.45) is 11.3 Å². The van der Waals surface area contributed by atoms with E-state index in [0.717, 1.165) is 18.8 Å². The van der Waals surface area contributed by atoms with E-state index in [1.807, 2.05) is 0 Å². The van der Waals surface area contributed by atoms with Gasteiger partial charge in [-0.05, 0) is 24.2 Å². The molecule has 1 aliphatic carbocycles. The molecule has 68 valence electrons. The second-order valence-corrected chi connectivity index (χ2v) is 4.98. The van der Waals surface area contributed by atoms with E-state index >= 15 is 0 Å². The number of β-lactam (4-membered cyclic amide) rings is 1. The Bertz CT molecular complexity index is 224.